The summed E-state index contributed by atoms with van der Waals surface area (Å²) in [5, 5.41) is 3.38. The Morgan fingerprint density at radius 2 is 2.00 bits per heavy atom. The Morgan fingerprint density at radius 1 is 1.33 bits per heavy atom. The van der Waals surface area contributed by atoms with Gasteiger partial charge in [-0.15, -0.1) is 0 Å². The summed E-state index contributed by atoms with van der Waals surface area (Å²) in [4.78, 5) is 26.4. The second-order valence-corrected chi connectivity index (χ2v) is 6.03. The average molecular weight is 309 g/mol. The first-order valence-electron chi connectivity index (χ1n) is 7.30. The van der Waals surface area contributed by atoms with E-state index in [1.807, 2.05) is 32.0 Å². The summed E-state index contributed by atoms with van der Waals surface area (Å²) in [5.74, 6) is -0.0349. The first kappa shape index (κ1) is 15.8. The summed E-state index contributed by atoms with van der Waals surface area (Å²) < 4.78 is 0. The lowest BCUT2D eigenvalue weighted by molar-refractivity contribution is -0.151. The summed E-state index contributed by atoms with van der Waals surface area (Å²) >= 11 is 6.19. The molecule has 0 aliphatic carbocycles. The topological polar surface area (TPSA) is 49.4 Å². The van der Waals surface area contributed by atoms with E-state index in [1.165, 1.54) is 0 Å². The van der Waals surface area contributed by atoms with Gasteiger partial charge in [-0.2, -0.15) is 0 Å². The number of hydrogen-bond donors (Lipinski definition) is 1. The molecule has 0 bridgehead atoms. The molecule has 0 radical (unpaired) electrons. The molecule has 3 atom stereocenters. The first-order chi connectivity index (χ1) is 9.95. The molecule has 1 aliphatic rings. The van der Waals surface area contributed by atoms with E-state index in [0.29, 0.717) is 11.6 Å². The van der Waals surface area contributed by atoms with Crippen molar-refractivity contribution >= 4 is 23.4 Å². The van der Waals surface area contributed by atoms with Crippen LogP contribution in [0, 0.1) is 5.92 Å². The lowest BCUT2D eigenvalue weighted by atomic mass is 9.93. The van der Waals surface area contributed by atoms with Crippen LogP contribution in [-0.2, 0) is 16.1 Å². The minimum absolute atomic E-state index is 0.0557. The van der Waals surface area contributed by atoms with Crippen LogP contribution >= 0.6 is 11.6 Å². The SMILES string of the molecule is CCC(C)C1C(=O)NC(C)C(=O)N1Cc1ccccc1Cl. The third kappa shape index (κ3) is 3.21. The molecule has 1 aromatic carbocycles. The maximum atomic E-state index is 12.5. The molecule has 2 rings (SSSR count). The van der Waals surface area contributed by atoms with Crippen molar-refractivity contribution in [3.63, 3.8) is 0 Å². The van der Waals surface area contributed by atoms with Gasteiger partial charge in [-0.1, -0.05) is 50.1 Å². The first-order valence-corrected chi connectivity index (χ1v) is 7.67. The molecule has 1 saturated heterocycles. The number of rotatable bonds is 4. The smallest absolute Gasteiger partial charge is 0.245 e. The fourth-order valence-corrected chi connectivity index (χ4v) is 2.86. The van der Waals surface area contributed by atoms with E-state index in [4.69, 9.17) is 11.6 Å². The summed E-state index contributed by atoms with van der Waals surface area (Å²) in [6.07, 6.45) is 0.832. The van der Waals surface area contributed by atoms with Crippen LogP contribution in [0.25, 0.3) is 0 Å². The monoisotopic (exact) mass is 308 g/mol. The zero-order valence-corrected chi connectivity index (χ0v) is 13.4. The number of amides is 2. The highest BCUT2D eigenvalue weighted by Gasteiger charge is 2.40. The molecule has 0 spiro atoms. The van der Waals surface area contributed by atoms with E-state index < -0.39 is 12.1 Å². The normalized spacial score (nSPS) is 23.9. The molecular weight excluding hydrogens is 288 g/mol. The van der Waals surface area contributed by atoms with Gasteiger partial charge in [-0.05, 0) is 24.5 Å². The molecule has 1 heterocycles. The Labute approximate surface area is 130 Å². The van der Waals surface area contributed by atoms with Gasteiger partial charge in [0.25, 0.3) is 0 Å². The molecule has 21 heavy (non-hydrogen) atoms. The minimum Gasteiger partial charge on any atom is -0.343 e. The number of piperazine rings is 1. The molecule has 3 unspecified atom stereocenters. The van der Waals surface area contributed by atoms with Crippen molar-refractivity contribution in [2.75, 3.05) is 0 Å². The maximum absolute atomic E-state index is 12.5. The predicted molar refractivity (Wildman–Crippen MR) is 82.8 cm³/mol. The van der Waals surface area contributed by atoms with Crippen LogP contribution in [0.15, 0.2) is 24.3 Å². The Bertz CT molecular complexity index is 547. The molecular formula is C16H21ClN2O2. The fourth-order valence-electron chi connectivity index (χ4n) is 2.66. The lowest BCUT2D eigenvalue weighted by Gasteiger charge is -2.40. The standard InChI is InChI=1S/C16H21ClN2O2/c1-4-10(2)14-15(20)18-11(3)16(21)19(14)9-12-7-5-6-8-13(12)17/h5-8,10-11,14H,4,9H2,1-3H3,(H,18,20). The summed E-state index contributed by atoms with van der Waals surface area (Å²) in [5.41, 5.74) is 0.864. The summed E-state index contributed by atoms with van der Waals surface area (Å²) in [6.45, 7) is 6.10. The number of nitrogens with one attached hydrogen (secondary N) is 1. The highest BCUT2D eigenvalue weighted by Crippen LogP contribution is 2.25. The lowest BCUT2D eigenvalue weighted by Crippen LogP contribution is -2.63. The van der Waals surface area contributed by atoms with Crippen LogP contribution in [0.3, 0.4) is 0 Å². The van der Waals surface area contributed by atoms with Crippen molar-refractivity contribution in [1.82, 2.24) is 10.2 Å². The van der Waals surface area contributed by atoms with Gasteiger partial charge in [0.1, 0.15) is 12.1 Å². The minimum atomic E-state index is -0.486. The largest absolute Gasteiger partial charge is 0.343 e. The van der Waals surface area contributed by atoms with Crippen LogP contribution in [0.5, 0.6) is 0 Å². The number of halogens is 1. The zero-order chi connectivity index (χ0) is 15.6. The van der Waals surface area contributed by atoms with Gasteiger partial charge >= 0.3 is 0 Å². The second kappa shape index (κ2) is 6.48. The molecule has 1 aromatic rings. The van der Waals surface area contributed by atoms with Crippen molar-refractivity contribution in [1.29, 1.82) is 0 Å². The van der Waals surface area contributed by atoms with Gasteiger partial charge in [0.2, 0.25) is 11.8 Å². The summed E-state index contributed by atoms with van der Waals surface area (Å²) in [7, 11) is 0. The van der Waals surface area contributed by atoms with Crippen LogP contribution in [0.4, 0.5) is 0 Å². The Morgan fingerprint density at radius 3 is 2.62 bits per heavy atom. The highest BCUT2D eigenvalue weighted by molar-refractivity contribution is 6.31. The van der Waals surface area contributed by atoms with Gasteiger partial charge < -0.3 is 10.2 Å². The molecule has 1 aliphatic heterocycles. The van der Waals surface area contributed by atoms with Crippen molar-refractivity contribution in [2.45, 2.75) is 45.8 Å². The third-order valence-electron chi connectivity index (χ3n) is 4.10. The number of carbonyl (C=O) groups is 2. The Hall–Kier alpha value is -1.55. The summed E-state index contributed by atoms with van der Waals surface area (Å²) in [6, 6.07) is 6.51. The van der Waals surface area contributed by atoms with Crippen molar-refractivity contribution in [2.24, 2.45) is 5.92 Å². The number of nitrogens with zero attached hydrogens (tertiary/aromatic N) is 1. The van der Waals surface area contributed by atoms with E-state index in [1.54, 1.807) is 17.9 Å². The Kier molecular flexibility index (Phi) is 4.88. The van der Waals surface area contributed by atoms with Crippen LogP contribution in [-0.4, -0.2) is 28.8 Å². The van der Waals surface area contributed by atoms with E-state index in [0.717, 1.165) is 12.0 Å². The van der Waals surface area contributed by atoms with Crippen LogP contribution in [0.2, 0.25) is 5.02 Å². The van der Waals surface area contributed by atoms with Crippen molar-refractivity contribution in [3.05, 3.63) is 34.9 Å². The maximum Gasteiger partial charge on any atom is 0.245 e. The van der Waals surface area contributed by atoms with E-state index in [-0.39, 0.29) is 17.7 Å². The van der Waals surface area contributed by atoms with Crippen LogP contribution in [0.1, 0.15) is 32.8 Å². The zero-order valence-electron chi connectivity index (χ0n) is 12.6. The molecule has 0 saturated carbocycles. The second-order valence-electron chi connectivity index (χ2n) is 5.62. The predicted octanol–water partition coefficient (Wildman–Crippen LogP) is 2.60. The molecule has 1 N–H and O–H groups in total. The van der Waals surface area contributed by atoms with Gasteiger partial charge in [0.15, 0.2) is 0 Å². The Balaban J connectivity index is 2.32. The highest BCUT2D eigenvalue weighted by atomic mass is 35.5. The number of hydrogen-bond acceptors (Lipinski definition) is 2. The van der Waals surface area contributed by atoms with E-state index in [9.17, 15) is 9.59 Å². The molecule has 114 valence electrons. The molecule has 5 heteroatoms. The van der Waals surface area contributed by atoms with Gasteiger partial charge in [0, 0.05) is 11.6 Å². The molecule has 0 aromatic heterocycles. The molecule has 4 nitrogen and oxygen atoms in total. The molecule has 2 amide bonds. The number of benzene rings is 1. The number of carbonyl (C=O) groups excluding carboxylic acids is 2. The van der Waals surface area contributed by atoms with E-state index >= 15 is 0 Å². The van der Waals surface area contributed by atoms with Gasteiger partial charge in [0.05, 0.1) is 0 Å². The molecule has 1 fully saturated rings. The van der Waals surface area contributed by atoms with Gasteiger partial charge in [-0.25, -0.2) is 0 Å². The van der Waals surface area contributed by atoms with E-state index in [2.05, 4.69) is 5.32 Å². The fraction of sp³-hybridized carbons (Fsp3) is 0.500. The van der Waals surface area contributed by atoms with Crippen molar-refractivity contribution in [3.8, 4) is 0 Å². The van der Waals surface area contributed by atoms with Gasteiger partial charge in [-0.3, -0.25) is 9.59 Å². The van der Waals surface area contributed by atoms with Crippen LogP contribution < -0.4 is 5.32 Å². The average Bonchev–Trinajstić information content (AvgIpc) is 2.46. The van der Waals surface area contributed by atoms with Crippen molar-refractivity contribution < 1.29 is 9.59 Å². The third-order valence-corrected chi connectivity index (χ3v) is 4.47. The quantitative estimate of drug-likeness (QED) is 0.929.